The van der Waals surface area contributed by atoms with Gasteiger partial charge >= 0.3 is 0 Å². The highest BCUT2D eigenvalue weighted by atomic mass is 79.9. The van der Waals surface area contributed by atoms with Gasteiger partial charge in [0.05, 0.1) is 16.0 Å². The maximum Gasteiger partial charge on any atom is 0.288 e. The standard InChI is InChI=1S/C12H16BrN3O3/c13-11-7-10(16(18)19)8-14-12(11)15(5-6-17)9-3-1-2-4-9/h7-9,17H,1-6H2. The van der Waals surface area contributed by atoms with Crippen molar-refractivity contribution in [3.63, 3.8) is 0 Å². The third kappa shape index (κ3) is 3.22. The Balaban J connectivity index is 2.28. The lowest BCUT2D eigenvalue weighted by Crippen LogP contribution is -2.36. The molecular formula is C12H16BrN3O3. The number of hydrogen-bond acceptors (Lipinski definition) is 5. The first-order valence-electron chi connectivity index (χ1n) is 6.31. The molecule has 7 heteroatoms. The van der Waals surface area contributed by atoms with Gasteiger partial charge in [-0.15, -0.1) is 0 Å². The molecule has 0 radical (unpaired) electrons. The fraction of sp³-hybridized carbons (Fsp3) is 0.583. The van der Waals surface area contributed by atoms with E-state index in [1.54, 1.807) is 0 Å². The predicted octanol–water partition coefficient (Wildman–Crippen LogP) is 2.49. The van der Waals surface area contributed by atoms with Crippen LogP contribution in [-0.4, -0.2) is 34.2 Å². The second-order valence-corrected chi connectivity index (χ2v) is 5.47. The zero-order chi connectivity index (χ0) is 13.8. The summed E-state index contributed by atoms with van der Waals surface area (Å²) in [5, 5.41) is 19.9. The van der Waals surface area contributed by atoms with E-state index in [1.807, 2.05) is 4.90 Å². The van der Waals surface area contributed by atoms with Crippen LogP contribution >= 0.6 is 15.9 Å². The van der Waals surface area contributed by atoms with Crippen molar-refractivity contribution >= 4 is 27.4 Å². The molecule has 0 aliphatic heterocycles. The Morgan fingerprint density at radius 3 is 2.74 bits per heavy atom. The molecule has 1 fully saturated rings. The fourth-order valence-electron chi connectivity index (χ4n) is 2.52. The number of aliphatic hydroxyl groups is 1. The van der Waals surface area contributed by atoms with Gasteiger partial charge in [0.2, 0.25) is 0 Å². The summed E-state index contributed by atoms with van der Waals surface area (Å²) in [7, 11) is 0. The number of hydrogen-bond donors (Lipinski definition) is 1. The number of aliphatic hydroxyl groups excluding tert-OH is 1. The van der Waals surface area contributed by atoms with Crippen LogP contribution in [0.4, 0.5) is 11.5 Å². The smallest absolute Gasteiger partial charge is 0.288 e. The largest absolute Gasteiger partial charge is 0.395 e. The normalized spacial score (nSPS) is 15.7. The number of rotatable bonds is 5. The highest BCUT2D eigenvalue weighted by molar-refractivity contribution is 9.10. The van der Waals surface area contributed by atoms with Crippen LogP contribution in [0.2, 0.25) is 0 Å². The van der Waals surface area contributed by atoms with E-state index >= 15 is 0 Å². The summed E-state index contributed by atoms with van der Waals surface area (Å²) in [6.45, 7) is 0.537. The summed E-state index contributed by atoms with van der Waals surface area (Å²) in [6, 6.07) is 1.82. The second kappa shape index (κ2) is 6.29. The van der Waals surface area contributed by atoms with Crippen molar-refractivity contribution in [1.29, 1.82) is 0 Å². The fourth-order valence-corrected chi connectivity index (χ4v) is 3.08. The Kier molecular flexibility index (Phi) is 4.71. The third-order valence-electron chi connectivity index (χ3n) is 3.40. The summed E-state index contributed by atoms with van der Waals surface area (Å²) in [5.41, 5.74) is -0.0361. The molecular weight excluding hydrogens is 314 g/mol. The number of aromatic nitrogens is 1. The van der Waals surface area contributed by atoms with Crippen LogP contribution < -0.4 is 4.90 Å². The van der Waals surface area contributed by atoms with E-state index in [1.165, 1.54) is 25.1 Å². The molecule has 0 saturated heterocycles. The molecule has 104 valence electrons. The molecule has 0 amide bonds. The van der Waals surface area contributed by atoms with Crippen molar-refractivity contribution in [1.82, 2.24) is 4.98 Å². The Morgan fingerprint density at radius 1 is 1.53 bits per heavy atom. The minimum atomic E-state index is -0.465. The average molecular weight is 330 g/mol. The van der Waals surface area contributed by atoms with E-state index in [0.29, 0.717) is 22.9 Å². The van der Waals surface area contributed by atoms with Gasteiger partial charge in [-0.3, -0.25) is 10.1 Å². The van der Waals surface area contributed by atoms with Crippen LogP contribution in [0.3, 0.4) is 0 Å². The lowest BCUT2D eigenvalue weighted by Gasteiger charge is -2.30. The summed E-state index contributed by atoms with van der Waals surface area (Å²) in [5.74, 6) is 0.673. The van der Waals surface area contributed by atoms with E-state index in [-0.39, 0.29) is 12.3 Å². The summed E-state index contributed by atoms with van der Waals surface area (Å²) in [4.78, 5) is 16.5. The highest BCUT2D eigenvalue weighted by Crippen LogP contribution is 2.32. The van der Waals surface area contributed by atoms with Crippen molar-refractivity contribution < 1.29 is 10.0 Å². The topological polar surface area (TPSA) is 79.5 Å². The van der Waals surface area contributed by atoms with Gasteiger partial charge in [-0.2, -0.15) is 0 Å². The Hall–Kier alpha value is -1.21. The first-order valence-corrected chi connectivity index (χ1v) is 7.10. The number of nitrogens with zero attached hydrogens (tertiary/aromatic N) is 3. The van der Waals surface area contributed by atoms with E-state index in [2.05, 4.69) is 20.9 Å². The molecule has 0 spiro atoms. The summed E-state index contributed by atoms with van der Waals surface area (Å²) in [6.07, 6.45) is 5.77. The van der Waals surface area contributed by atoms with Gasteiger partial charge in [-0.25, -0.2) is 4.98 Å². The first-order chi connectivity index (χ1) is 9.13. The van der Waals surface area contributed by atoms with Crippen molar-refractivity contribution in [2.24, 2.45) is 0 Å². The molecule has 2 rings (SSSR count). The summed E-state index contributed by atoms with van der Waals surface area (Å²) >= 11 is 3.34. The molecule has 0 bridgehead atoms. The third-order valence-corrected chi connectivity index (χ3v) is 3.98. The van der Waals surface area contributed by atoms with Crippen LogP contribution in [0.1, 0.15) is 25.7 Å². The zero-order valence-electron chi connectivity index (χ0n) is 10.5. The van der Waals surface area contributed by atoms with E-state index in [0.717, 1.165) is 12.8 Å². The maximum absolute atomic E-state index is 10.7. The van der Waals surface area contributed by atoms with Gasteiger partial charge in [-0.1, -0.05) is 12.8 Å². The monoisotopic (exact) mass is 329 g/mol. The molecule has 6 nitrogen and oxygen atoms in total. The molecule has 0 unspecified atom stereocenters. The molecule has 1 heterocycles. The molecule has 19 heavy (non-hydrogen) atoms. The molecule has 1 aromatic heterocycles. The lowest BCUT2D eigenvalue weighted by atomic mass is 10.2. The summed E-state index contributed by atoms with van der Waals surface area (Å²) < 4.78 is 0.599. The van der Waals surface area contributed by atoms with E-state index in [9.17, 15) is 15.2 Å². The minimum Gasteiger partial charge on any atom is -0.395 e. The molecule has 1 N–H and O–H groups in total. The van der Waals surface area contributed by atoms with Crippen LogP contribution in [0, 0.1) is 10.1 Å². The minimum absolute atomic E-state index is 0.0361. The van der Waals surface area contributed by atoms with Crippen molar-refractivity contribution in [3.05, 3.63) is 26.9 Å². The van der Waals surface area contributed by atoms with Gasteiger partial charge in [0.1, 0.15) is 12.0 Å². The van der Waals surface area contributed by atoms with Crippen LogP contribution in [0.25, 0.3) is 0 Å². The number of nitro groups is 1. The van der Waals surface area contributed by atoms with Crippen molar-refractivity contribution in [2.45, 2.75) is 31.7 Å². The first kappa shape index (κ1) is 14.2. The molecule has 1 aliphatic rings. The Morgan fingerprint density at radius 2 is 2.21 bits per heavy atom. The zero-order valence-corrected chi connectivity index (χ0v) is 12.0. The van der Waals surface area contributed by atoms with Crippen LogP contribution in [-0.2, 0) is 0 Å². The maximum atomic E-state index is 10.7. The second-order valence-electron chi connectivity index (χ2n) is 4.61. The highest BCUT2D eigenvalue weighted by Gasteiger charge is 2.25. The average Bonchev–Trinajstić information content (AvgIpc) is 2.90. The molecule has 0 aromatic carbocycles. The predicted molar refractivity (Wildman–Crippen MR) is 75.3 cm³/mol. The van der Waals surface area contributed by atoms with Gasteiger partial charge in [-0.05, 0) is 28.8 Å². The van der Waals surface area contributed by atoms with Gasteiger partial charge in [0.25, 0.3) is 5.69 Å². The number of halogens is 1. The molecule has 1 saturated carbocycles. The Labute approximate surface area is 119 Å². The van der Waals surface area contributed by atoms with Gasteiger partial charge in [0.15, 0.2) is 0 Å². The lowest BCUT2D eigenvalue weighted by molar-refractivity contribution is -0.385. The van der Waals surface area contributed by atoms with E-state index < -0.39 is 4.92 Å². The van der Waals surface area contributed by atoms with Crippen LogP contribution in [0.15, 0.2) is 16.7 Å². The van der Waals surface area contributed by atoms with Crippen LogP contribution in [0.5, 0.6) is 0 Å². The van der Waals surface area contributed by atoms with Crippen molar-refractivity contribution in [3.8, 4) is 0 Å². The van der Waals surface area contributed by atoms with Gasteiger partial charge < -0.3 is 10.0 Å². The van der Waals surface area contributed by atoms with Crippen molar-refractivity contribution in [2.75, 3.05) is 18.1 Å². The van der Waals surface area contributed by atoms with E-state index in [4.69, 9.17) is 0 Å². The number of pyridine rings is 1. The molecule has 0 atom stereocenters. The molecule has 1 aromatic rings. The van der Waals surface area contributed by atoms with Gasteiger partial charge in [0, 0.05) is 18.7 Å². The number of anilines is 1. The molecule has 1 aliphatic carbocycles. The quantitative estimate of drug-likeness (QED) is 0.663. The SMILES string of the molecule is O=[N+]([O-])c1cnc(N(CCO)C2CCCC2)c(Br)c1. The Bertz CT molecular complexity index is 464.